The van der Waals surface area contributed by atoms with Gasteiger partial charge in [0.05, 0.1) is 0 Å². The van der Waals surface area contributed by atoms with E-state index >= 15 is 0 Å². The molecule has 0 bridgehead atoms. The Kier molecular flexibility index (Phi) is 4.01. The van der Waals surface area contributed by atoms with Gasteiger partial charge < -0.3 is 10.6 Å². The molecule has 5 heteroatoms. The highest BCUT2D eigenvalue weighted by Crippen LogP contribution is 2.16. The standard InChI is InChI=1S/C18H15N3O2/c1-12(22)20-15-6-8-16(9-7-15)21-18(23)17-10-13-4-2-3-5-14(13)11-19-17/h2-11H,1H3,(H,20,22)(H,21,23). The summed E-state index contributed by atoms with van der Waals surface area (Å²) < 4.78 is 0. The molecule has 0 aliphatic heterocycles. The second-order valence-corrected chi connectivity index (χ2v) is 5.13. The van der Waals surface area contributed by atoms with E-state index in [9.17, 15) is 9.59 Å². The molecule has 0 fully saturated rings. The van der Waals surface area contributed by atoms with E-state index in [2.05, 4.69) is 15.6 Å². The summed E-state index contributed by atoms with van der Waals surface area (Å²) in [5.41, 5.74) is 1.67. The first-order chi connectivity index (χ1) is 11.1. The zero-order valence-corrected chi connectivity index (χ0v) is 12.5. The fraction of sp³-hybridized carbons (Fsp3) is 0.0556. The van der Waals surface area contributed by atoms with Crippen molar-refractivity contribution in [1.29, 1.82) is 0 Å². The Bertz CT molecular complexity index is 873. The Morgan fingerprint density at radius 3 is 2.13 bits per heavy atom. The molecule has 0 radical (unpaired) electrons. The first kappa shape index (κ1) is 14.7. The van der Waals surface area contributed by atoms with Crippen LogP contribution in [-0.4, -0.2) is 16.8 Å². The molecule has 0 aliphatic rings. The van der Waals surface area contributed by atoms with Crippen LogP contribution in [0.25, 0.3) is 10.8 Å². The number of carbonyl (C=O) groups excluding carboxylic acids is 2. The predicted octanol–water partition coefficient (Wildman–Crippen LogP) is 3.45. The summed E-state index contributed by atoms with van der Waals surface area (Å²) in [5, 5.41) is 7.42. The van der Waals surface area contributed by atoms with Gasteiger partial charge in [0.15, 0.2) is 0 Å². The van der Waals surface area contributed by atoms with Crippen LogP contribution in [0.4, 0.5) is 11.4 Å². The number of amides is 2. The molecule has 0 unspecified atom stereocenters. The minimum absolute atomic E-state index is 0.137. The van der Waals surface area contributed by atoms with Gasteiger partial charge in [-0.15, -0.1) is 0 Å². The van der Waals surface area contributed by atoms with Crippen molar-refractivity contribution in [2.75, 3.05) is 10.6 Å². The minimum atomic E-state index is -0.275. The summed E-state index contributed by atoms with van der Waals surface area (Å²) in [5.74, 6) is -0.412. The van der Waals surface area contributed by atoms with Crippen LogP contribution in [0.5, 0.6) is 0 Å². The highest BCUT2D eigenvalue weighted by atomic mass is 16.2. The van der Waals surface area contributed by atoms with Crippen molar-refractivity contribution >= 4 is 34.0 Å². The zero-order valence-electron chi connectivity index (χ0n) is 12.5. The van der Waals surface area contributed by atoms with Gasteiger partial charge in [-0.1, -0.05) is 24.3 Å². The predicted molar refractivity (Wildman–Crippen MR) is 90.4 cm³/mol. The van der Waals surface area contributed by atoms with Crippen molar-refractivity contribution in [1.82, 2.24) is 4.98 Å². The third-order valence-corrected chi connectivity index (χ3v) is 3.33. The van der Waals surface area contributed by atoms with Crippen LogP contribution in [0, 0.1) is 0 Å². The Balaban J connectivity index is 1.76. The Morgan fingerprint density at radius 2 is 1.48 bits per heavy atom. The maximum absolute atomic E-state index is 12.3. The molecule has 0 aliphatic carbocycles. The maximum atomic E-state index is 12.3. The van der Waals surface area contributed by atoms with Gasteiger partial charge >= 0.3 is 0 Å². The van der Waals surface area contributed by atoms with Crippen molar-refractivity contribution < 1.29 is 9.59 Å². The van der Waals surface area contributed by atoms with Crippen molar-refractivity contribution in [2.45, 2.75) is 6.92 Å². The molecule has 0 saturated carbocycles. The van der Waals surface area contributed by atoms with Gasteiger partial charge in [-0.05, 0) is 35.7 Å². The van der Waals surface area contributed by atoms with Crippen LogP contribution >= 0.6 is 0 Å². The molecule has 114 valence electrons. The van der Waals surface area contributed by atoms with Crippen molar-refractivity contribution in [2.24, 2.45) is 0 Å². The summed E-state index contributed by atoms with van der Waals surface area (Å²) in [4.78, 5) is 27.4. The number of hydrogen-bond acceptors (Lipinski definition) is 3. The lowest BCUT2D eigenvalue weighted by Crippen LogP contribution is -2.13. The van der Waals surface area contributed by atoms with E-state index in [1.807, 2.05) is 24.3 Å². The molecule has 2 aromatic carbocycles. The molecule has 1 aromatic heterocycles. The number of nitrogens with one attached hydrogen (secondary N) is 2. The lowest BCUT2D eigenvalue weighted by Gasteiger charge is -2.07. The van der Waals surface area contributed by atoms with Gasteiger partial charge in [0.2, 0.25) is 5.91 Å². The fourth-order valence-corrected chi connectivity index (χ4v) is 2.24. The molecule has 2 N–H and O–H groups in total. The fourth-order valence-electron chi connectivity index (χ4n) is 2.24. The van der Waals surface area contributed by atoms with Crippen molar-refractivity contribution in [3.05, 3.63) is 66.5 Å². The number of benzene rings is 2. The maximum Gasteiger partial charge on any atom is 0.274 e. The average Bonchev–Trinajstić information content (AvgIpc) is 2.55. The van der Waals surface area contributed by atoms with Crippen LogP contribution in [0.2, 0.25) is 0 Å². The molecular formula is C18H15N3O2. The molecule has 3 aromatic rings. The van der Waals surface area contributed by atoms with Gasteiger partial charge in [-0.3, -0.25) is 14.6 Å². The SMILES string of the molecule is CC(=O)Nc1ccc(NC(=O)c2cc3ccccc3cn2)cc1. The number of aromatic nitrogens is 1. The van der Waals surface area contributed by atoms with Crippen molar-refractivity contribution in [3.63, 3.8) is 0 Å². The van der Waals surface area contributed by atoms with Crippen LogP contribution in [0.1, 0.15) is 17.4 Å². The normalized spacial score (nSPS) is 10.3. The lowest BCUT2D eigenvalue weighted by molar-refractivity contribution is -0.114. The summed E-state index contributed by atoms with van der Waals surface area (Å²) in [6.07, 6.45) is 1.68. The summed E-state index contributed by atoms with van der Waals surface area (Å²) in [6.45, 7) is 1.45. The van der Waals surface area contributed by atoms with Crippen molar-refractivity contribution in [3.8, 4) is 0 Å². The van der Waals surface area contributed by atoms with Crippen LogP contribution in [0.15, 0.2) is 60.8 Å². The number of pyridine rings is 1. The summed E-state index contributed by atoms with van der Waals surface area (Å²) in [6, 6.07) is 16.4. The largest absolute Gasteiger partial charge is 0.326 e. The van der Waals surface area contributed by atoms with Crippen LogP contribution in [-0.2, 0) is 4.79 Å². The van der Waals surface area contributed by atoms with E-state index < -0.39 is 0 Å². The van der Waals surface area contributed by atoms with E-state index in [0.29, 0.717) is 17.1 Å². The first-order valence-electron chi connectivity index (χ1n) is 7.15. The Morgan fingerprint density at radius 1 is 0.870 bits per heavy atom. The van der Waals surface area contributed by atoms with E-state index in [4.69, 9.17) is 0 Å². The topological polar surface area (TPSA) is 71.1 Å². The number of carbonyl (C=O) groups is 2. The van der Waals surface area contributed by atoms with Crippen LogP contribution < -0.4 is 10.6 Å². The molecule has 0 atom stereocenters. The van der Waals surface area contributed by atoms with Gasteiger partial charge in [0.1, 0.15) is 5.69 Å². The number of hydrogen-bond donors (Lipinski definition) is 2. The molecule has 1 heterocycles. The molecular weight excluding hydrogens is 290 g/mol. The highest BCUT2D eigenvalue weighted by Gasteiger charge is 2.08. The number of fused-ring (bicyclic) bond motifs is 1. The van der Waals surface area contributed by atoms with E-state index in [0.717, 1.165) is 10.8 Å². The van der Waals surface area contributed by atoms with Gasteiger partial charge in [0, 0.05) is 29.9 Å². The summed E-state index contributed by atoms with van der Waals surface area (Å²) in [7, 11) is 0. The second kappa shape index (κ2) is 6.27. The average molecular weight is 305 g/mol. The third-order valence-electron chi connectivity index (χ3n) is 3.33. The number of rotatable bonds is 3. The Hall–Kier alpha value is -3.21. The zero-order chi connectivity index (χ0) is 16.2. The van der Waals surface area contributed by atoms with Gasteiger partial charge in [-0.25, -0.2) is 0 Å². The second-order valence-electron chi connectivity index (χ2n) is 5.13. The molecule has 3 rings (SSSR count). The van der Waals surface area contributed by atoms with E-state index in [1.54, 1.807) is 36.5 Å². The molecule has 23 heavy (non-hydrogen) atoms. The molecule has 0 saturated heterocycles. The monoisotopic (exact) mass is 305 g/mol. The number of anilines is 2. The van der Waals surface area contributed by atoms with Crippen LogP contribution in [0.3, 0.4) is 0 Å². The van der Waals surface area contributed by atoms with E-state index in [-0.39, 0.29) is 11.8 Å². The van der Waals surface area contributed by atoms with Gasteiger partial charge in [-0.2, -0.15) is 0 Å². The lowest BCUT2D eigenvalue weighted by atomic mass is 10.1. The summed E-state index contributed by atoms with van der Waals surface area (Å²) >= 11 is 0. The third kappa shape index (κ3) is 3.52. The van der Waals surface area contributed by atoms with E-state index in [1.165, 1.54) is 6.92 Å². The molecule has 2 amide bonds. The number of nitrogens with zero attached hydrogens (tertiary/aromatic N) is 1. The Labute approximate surface area is 133 Å². The molecule has 0 spiro atoms. The van der Waals surface area contributed by atoms with Gasteiger partial charge in [0.25, 0.3) is 5.91 Å². The molecule has 5 nitrogen and oxygen atoms in total. The minimum Gasteiger partial charge on any atom is -0.326 e. The smallest absolute Gasteiger partial charge is 0.274 e. The highest BCUT2D eigenvalue weighted by molar-refractivity contribution is 6.04. The quantitative estimate of drug-likeness (QED) is 0.778. The first-order valence-corrected chi connectivity index (χ1v) is 7.15.